The molecular formula is C24H33N5O. The van der Waals surface area contributed by atoms with Crippen LogP contribution in [-0.2, 0) is 4.74 Å². The Morgan fingerprint density at radius 1 is 1.27 bits per heavy atom. The molecule has 4 unspecified atom stereocenters. The van der Waals surface area contributed by atoms with E-state index in [9.17, 15) is 5.26 Å². The number of aliphatic imine (C=N–C) groups is 1. The molecule has 0 aromatic heterocycles. The lowest BCUT2D eigenvalue weighted by Gasteiger charge is -2.63. The van der Waals surface area contributed by atoms with Crippen LogP contribution < -0.4 is 15.5 Å². The monoisotopic (exact) mass is 407 g/mol. The van der Waals surface area contributed by atoms with Gasteiger partial charge >= 0.3 is 0 Å². The summed E-state index contributed by atoms with van der Waals surface area (Å²) in [7, 11) is 0. The largest absolute Gasteiger partial charge is 0.377 e. The van der Waals surface area contributed by atoms with Gasteiger partial charge in [0.1, 0.15) is 6.07 Å². The average Bonchev–Trinajstić information content (AvgIpc) is 3.16. The number of nitrogens with zero attached hydrogens (tertiary/aromatic N) is 3. The molecule has 4 fully saturated rings. The number of para-hydroxylation sites is 1. The molecule has 30 heavy (non-hydrogen) atoms. The van der Waals surface area contributed by atoms with Gasteiger partial charge in [0, 0.05) is 49.7 Å². The summed E-state index contributed by atoms with van der Waals surface area (Å²) in [6.45, 7) is 5.68. The highest BCUT2D eigenvalue weighted by Gasteiger charge is 2.66. The zero-order valence-corrected chi connectivity index (χ0v) is 17.9. The number of hydrogen-bond acceptors (Lipinski definition) is 4. The lowest BCUT2D eigenvalue weighted by atomic mass is 9.46. The van der Waals surface area contributed by atoms with Crippen molar-refractivity contribution in [2.75, 3.05) is 31.1 Å². The van der Waals surface area contributed by atoms with Gasteiger partial charge in [0.15, 0.2) is 5.96 Å². The molecule has 2 heterocycles. The molecule has 0 radical (unpaired) electrons. The van der Waals surface area contributed by atoms with Gasteiger partial charge in [-0.3, -0.25) is 4.99 Å². The quantitative estimate of drug-likeness (QED) is 0.593. The van der Waals surface area contributed by atoms with Crippen molar-refractivity contribution in [3.8, 4) is 6.07 Å². The fourth-order valence-corrected chi connectivity index (χ4v) is 6.25. The minimum absolute atomic E-state index is 0.330. The molecule has 5 rings (SSSR count). The van der Waals surface area contributed by atoms with Crippen molar-refractivity contribution in [1.82, 2.24) is 10.6 Å². The predicted octanol–water partition coefficient (Wildman–Crippen LogP) is 3.04. The molecule has 2 saturated heterocycles. The summed E-state index contributed by atoms with van der Waals surface area (Å²) in [6.07, 6.45) is 7.78. The molecule has 4 atom stereocenters. The second-order valence-electron chi connectivity index (χ2n) is 9.33. The van der Waals surface area contributed by atoms with Gasteiger partial charge in [-0.05, 0) is 51.2 Å². The van der Waals surface area contributed by atoms with Gasteiger partial charge in [0.25, 0.3) is 0 Å². The molecule has 4 aliphatic rings. The minimum atomic E-state index is 0.330. The molecule has 2 saturated carbocycles. The minimum Gasteiger partial charge on any atom is -0.377 e. The third-order valence-electron chi connectivity index (χ3n) is 7.77. The van der Waals surface area contributed by atoms with Crippen molar-refractivity contribution < 1.29 is 4.74 Å². The van der Waals surface area contributed by atoms with Gasteiger partial charge in [-0.2, -0.15) is 5.26 Å². The molecule has 2 aliphatic carbocycles. The van der Waals surface area contributed by atoms with Crippen LogP contribution in [-0.4, -0.2) is 50.4 Å². The second-order valence-corrected chi connectivity index (χ2v) is 9.33. The summed E-state index contributed by atoms with van der Waals surface area (Å²) in [5, 5.41) is 17.0. The molecule has 1 aromatic rings. The number of nitriles is 1. The highest BCUT2D eigenvalue weighted by atomic mass is 16.5. The Morgan fingerprint density at radius 2 is 2.13 bits per heavy atom. The van der Waals surface area contributed by atoms with Crippen molar-refractivity contribution in [2.24, 2.45) is 16.3 Å². The molecule has 1 aromatic carbocycles. The van der Waals surface area contributed by atoms with Crippen LogP contribution in [0.5, 0.6) is 0 Å². The van der Waals surface area contributed by atoms with Crippen LogP contribution in [0.2, 0.25) is 0 Å². The Morgan fingerprint density at radius 3 is 2.90 bits per heavy atom. The summed E-state index contributed by atoms with van der Waals surface area (Å²) < 4.78 is 6.08. The lowest BCUT2D eigenvalue weighted by Crippen LogP contribution is -2.73. The van der Waals surface area contributed by atoms with Crippen molar-refractivity contribution in [3.05, 3.63) is 29.8 Å². The van der Waals surface area contributed by atoms with E-state index in [4.69, 9.17) is 9.73 Å². The number of nitrogens with one attached hydrogen (secondary N) is 2. The van der Waals surface area contributed by atoms with Crippen molar-refractivity contribution >= 4 is 11.6 Å². The van der Waals surface area contributed by atoms with Gasteiger partial charge in [-0.25, -0.2) is 0 Å². The van der Waals surface area contributed by atoms with E-state index in [0.29, 0.717) is 29.5 Å². The van der Waals surface area contributed by atoms with Crippen LogP contribution in [0.4, 0.5) is 5.69 Å². The summed E-state index contributed by atoms with van der Waals surface area (Å²) in [5.74, 6) is 1.60. The van der Waals surface area contributed by atoms with Crippen molar-refractivity contribution in [1.29, 1.82) is 5.26 Å². The van der Waals surface area contributed by atoms with E-state index in [-0.39, 0.29) is 0 Å². The molecule has 160 valence electrons. The topological polar surface area (TPSA) is 72.7 Å². The Balaban J connectivity index is 1.26. The van der Waals surface area contributed by atoms with Gasteiger partial charge in [0.2, 0.25) is 0 Å². The Bertz CT molecular complexity index is 842. The maximum Gasteiger partial charge on any atom is 0.191 e. The summed E-state index contributed by atoms with van der Waals surface area (Å²) >= 11 is 0. The molecule has 0 bridgehead atoms. The number of fused-ring (bicyclic) bond motifs is 2. The SMILES string of the molecule is CCN=C(NC1CCCN(c2ccccc2C#N)C1)NC1C2CCOC2C12CCC2. The fraction of sp³-hybridized carbons (Fsp3) is 0.667. The van der Waals surface area contributed by atoms with E-state index in [1.54, 1.807) is 0 Å². The first-order valence-corrected chi connectivity index (χ1v) is 11.7. The number of hydrogen-bond donors (Lipinski definition) is 2. The second kappa shape index (κ2) is 8.11. The third kappa shape index (κ3) is 3.24. The number of guanidine groups is 1. The third-order valence-corrected chi connectivity index (χ3v) is 7.77. The van der Waals surface area contributed by atoms with Crippen molar-refractivity contribution in [2.45, 2.75) is 63.6 Å². The molecule has 1 spiro atoms. The van der Waals surface area contributed by atoms with Gasteiger partial charge in [-0.1, -0.05) is 18.6 Å². The Labute approximate surface area is 179 Å². The Kier molecular flexibility index (Phi) is 5.32. The molecular weight excluding hydrogens is 374 g/mol. The smallest absolute Gasteiger partial charge is 0.191 e. The van der Waals surface area contributed by atoms with Crippen LogP contribution >= 0.6 is 0 Å². The maximum atomic E-state index is 9.48. The first kappa shape index (κ1) is 19.7. The van der Waals surface area contributed by atoms with E-state index >= 15 is 0 Å². The first-order chi connectivity index (χ1) is 14.7. The lowest BCUT2D eigenvalue weighted by molar-refractivity contribution is -0.171. The highest BCUT2D eigenvalue weighted by Crippen LogP contribution is 2.62. The number of piperidine rings is 1. The molecule has 0 amide bonds. The molecule has 6 nitrogen and oxygen atoms in total. The Hall–Kier alpha value is -2.26. The summed E-state index contributed by atoms with van der Waals surface area (Å²) in [6, 6.07) is 11.1. The van der Waals surface area contributed by atoms with Gasteiger partial charge < -0.3 is 20.3 Å². The average molecular weight is 408 g/mol. The predicted molar refractivity (Wildman–Crippen MR) is 119 cm³/mol. The van der Waals surface area contributed by atoms with Crippen LogP contribution in [0.3, 0.4) is 0 Å². The number of ether oxygens (including phenoxy) is 1. The number of benzene rings is 1. The molecule has 2 N–H and O–H groups in total. The zero-order chi connectivity index (χ0) is 20.6. The standard InChI is InChI=1S/C24H33N5O/c1-2-26-23(28-21-19-10-14-30-22(19)24(21)11-6-12-24)27-18-8-5-13-29(16-18)20-9-4-3-7-17(20)15-25/h3-4,7,9,18-19,21-22H,2,5-6,8,10-14,16H2,1H3,(H2,26,27,28). The van der Waals surface area contributed by atoms with Crippen LogP contribution in [0, 0.1) is 22.7 Å². The van der Waals surface area contributed by atoms with E-state index in [1.165, 1.54) is 25.7 Å². The van der Waals surface area contributed by atoms with Crippen molar-refractivity contribution in [3.63, 3.8) is 0 Å². The highest BCUT2D eigenvalue weighted by molar-refractivity contribution is 5.81. The zero-order valence-electron chi connectivity index (χ0n) is 17.9. The summed E-state index contributed by atoms with van der Waals surface area (Å²) in [4.78, 5) is 7.14. The fourth-order valence-electron chi connectivity index (χ4n) is 6.25. The molecule has 6 heteroatoms. The molecule has 2 aliphatic heterocycles. The first-order valence-electron chi connectivity index (χ1n) is 11.7. The summed E-state index contributed by atoms with van der Waals surface area (Å²) in [5.41, 5.74) is 2.15. The van der Waals surface area contributed by atoms with Gasteiger partial charge in [0.05, 0.1) is 17.4 Å². The number of rotatable bonds is 4. The van der Waals surface area contributed by atoms with Gasteiger partial charge in [-0.15, -0.1) is 0 Å². The van der Waals surface area contributed by atoms with Crippen LogP contribution in [0.1, 0.15) is 51.0 Å². The van der Waals surface area contributed by atoms with Crippen LogP contribution in [0.15, 0.2) is 29.3 Å². The van der Waals surface area contributed by atoms with E-state index < -0.39 is 0 Å². The number of anilines is 1. The van der Waals surface area contributed by atoms with E-state index in [2.05, 4.69) is 34.6 Å². The van der Waals surface area contributed by atoms with Crippen LogP contribution in [0.25, 0.3) is 0 Å². The van der Waals surface area contributed by atoms with E-state index in [0.717, 1.165) is 56.3 Å². The maximum absolute atomic E-state index is 9.48. The normalized spacial score (nSPS) is 32.0. The van der Waals surface area contributed by atoms with E-state index in [1.807, 2.05) is 18.2 Å².